The average molecular weight is 440 g/mol. The largest absolute Gasteiger partial charge is 0.484 e. The number of guanidine groups is 1. The molecule has 0 spiro atoms. The van der Waals surface area contributed by atoms with Crippen LogP contribution in [0.5, 0.6) is 5.75 Å². The molecule has 7 heteroatoms. The number of hydrogen-bond donors (Lipinski definition) is 2. The van der Waals surface area contributed by atoms with Gasteiger partial charge in [0.15, 0.2) is 12.6 Å². The van der Waals surface area contributed by atoms with Crippen molar-refractivity contribution < 1.29 is 9.53 Å². The summed E-state index contributed by atoms with van der Waals surface area (Å²) in [5.74, 6) is 1.35. The molecule has 0 bridgehead atoms. The monoisotopic (exact) mass is 439 g/mol. The molecular formula is C25H37N5O2. The van der Waals surface area contributed by atoms with Crippen LogP contribution in [0.3, 0.4) is 0 Å². The summed E-state index contributed by atoms with van der Waals surface area (Å²) in [6.45, 7) is 7.71. The highest BCUT2D eigenvalue weighted by atomic mass is 16.5. The Bertz CT molecular complexity index is 850. The minimum atomic E-state index is -0.0701. The molecule has 0 radical (unpaired) electrons. The number of rotatable bonds is 11. The molecule has 0 aliphatic carbocycles. The molecule has 0 fully saturated rings. The van der Waals surface area contributed by atoms with Crippen LogP contribution in [0.1, 0.15) is 31.0 Å². The molecule has 1 unspecified atom stereocenters. The fraction of sp³-hybridized carbons (Fsp3) is 0.440. The van der Waals surface area contributed by atoms with Gasteiger partial charge in [0.25, 0.3) is 5.91 Å². The standard InChI is InChI=1S/C25H37N5O2/c1-6-30(7-2)23(21-13-9-8-10-14-21)18-28-25(26-3)27-17-20-12-11-15-22(16-20)32-19-24(31)29(4)5/h8-16,23H,6-7,17-19H2,1-5H3,(H2,26,27,28). The van der Waals surface area contributed by atoms with E-state index in [0.29, 0.717) is 12.3 Å². The van der Waals surface area contributed by atoms with Crippen molar-refractivity contribution in [2.24, 2.45) is 4.99 Å². The van der Waals surface area contributed by atoms with Crippen LogP contribution in [-0.2, 0) is 11.3 Å². The number of likely N-dealkylation sites (N-methyl/N-ethyl adjacent to an activating group) is 2. The molecule has 0 saturated carbocycles. The number of carbonyl (C=O) groups excluding carboxylic acids is 1. The predicted molar refractivity (Wildman–Crippen MR) is 131 cm³/mol. The van der Waals surface area contributed by atoms with Crippen molar-refractivity contribution in [2.75, 3.05) is 47.4 Å². The summed E-state index contributed by atoms with van der Waals surface area (Å²) in [6, 6.07) is 18.6. The van der Waals surface area contributed by atoms with Crippen LogP contribution in [-0.4, -0.2) is 69.1 Å². The first-order valence-corrected chi connectivity index (χ1v) is 11.1. The summed E-state index contributed by atoms with van der Waals surface area (Å²) in [7, 11) is 5.21. The molecule has 32 heavy (non-hydrogen) atoms. The third-order valence-electron chi connectivity index (χ3n) is 5.34. The van der Waals surface area contributed by atoms with E-state index in [4.69, 9.17) is 4.74 Å². The van der Waals surface area contributed by atoms with Gasteiger partial charge in [-0.15, -0.1) is 0 Å². The van der Waals surface area contributed by atoms with E-state index in [2.05, 4.69) is 58.6 Å². The average Bonchev–Trinajstić information content (AvgIpc) is 2.82. The normalized spacial score (nSPS) is 12.4. The van der Waals surface area contributed by atoms with Gasteiger partial charge in [0, 0.05) is 34.2 Å². The van der Waals surface area contributed by atoms with Gasteiger partial charge in [-0.1, -0.05) is 56.3 Å². The molecule has 0 heterocycles. The number of nitrogens with one attached hydrogen (secondary N) is 2. The molecule has 2 aromatic carbocycles. The highest BCUT2D eigenvalue weighted by Crippen LogP contribution is 2.19. The van der Waals surface area contributed by atoms with Crippen molar-refractivity contribution in [3.05, 3.63) is 65.7 Å². The molecule has 0 aliphatic heterocycles. The number of nitrogens with zero attached hydrogens (tertiary/aromatic N) is 3. The Morgan fingerprint density at radius 3 is 2.38 bits per heavy atom. The van der Waals surface area contributed by atoms with E-state index < -0.39 is 0 Å². The second-order valence-corrected chi connectivity index (χ2v) is 7.68. The van der Waals surface area contributed by atoms with Crippen LogP contribution in [0.15, 0.2) is 59.6 Å². The zero-order valence-corrected chi connectivity index (χ0v) is 20.0. The van der Waals surface area contributed by atoms with Gasteiger partial charge in [0.1, 0.15) is 5.75 Å². The predicted octanol–water partition coefficient (Wildman–Crippen LogP) is 2.90. The number of benzene rings is 2. The van der Waals surface area contributed by atoms with Crippen molar-refractivity contribution in [3.63, 3.8) is 0 Å². The van der Waals surface area contributed by atoms with Gasteiger partial charge in [0.2, 0.25) is 0 Å². The molecule has 1 amide bonds. The SMILES string of the molecule is CCN(CC)C(CNC(=NC)NCc1cccc(OCC(=O)N(C)C)c1)c1ccccc1. The fourth-order valence-corrected chi connectivity index (χ4v) is 3.42. The second kappa shape index (κ2) is 13.4. The molecule has 174 valence electrons. The molecule has 7 nitrogen and oxygen atoms in total. The Labute approximate surface area is 192 Å². The molecule has 0 saturated heterocycles. The Hall–Kier alpha value is -3.06. The van der Waals surface area contributed by atoms with E-state index in [1.165, 1.54) is 10.5 Å². The van der Waals surface area contributed by atoms with Crippen LogP contribution < -0.4 is 15.4 Å². The first kappa shape index (κ1) is 25.2. The van der Waals surface area contributed by atoms with E-state index >= 15 is 0 Å². The number of aliphatic imine (C=N–C) groups is 1. The molecule has 0 aromatic heterocycles. The summed E-state index contributed by atoms with van der Waals surface area (Å²) in [4.78, 5) is 20.1. The number of ether oxygens (including phenoxy) is 1. The lowest BCUT2D eigenvalue weighted by Crippen LogP contribution is -2.43. The quantitative estimate of drug-likeness (QED) is 0.416. The summed E-state index contributed by atoms with van der Waals surface area (Å²) < 4.78 is 5.61. The molecule has 2 aromatic rings. The van der Waals surface area contributed by atoms with E-state index in [1.54, 1.807) is 21.1 Å². The molecule has 1 atom stereocenters. The summed E-state index contributed by atoms with van der Waals surface area (Å²) in [5, 5.41) is 6.84. The van der Waals surface area contributed by atoms with Crippen LogP contribution in [0.2, 0.25) is 0 Å². The van der Waals surface area contributed by atoms with Gasteiger partial charge in [-0.05, 0) is 36.3 Å². The van der Waals surface area contributed by atoms with Crippen molar-refractivity contribution in [1.29, 1.82) is 0 Å². The van der Waals surface area contributed by atoms with Crippen LogP contribution >= 0.6 is 0 Å². The van der Waals surface area contributed by atoms with Crippen LogP contribution in [0.25, 0.3) is 0 Å². The van der Waals surface area contributed by atoms with Gasteiger partial charge >= 0.3 is 0 Å². The van der Waals surface area contributed by atoms with E-state index in [9.17, 15) is 4.79 Å². The highest BCUT2D eigenvalue weighted by Gasteiger charge is 2.18. The van der Waals surface area contributed by atoms with Crippen LogP contribution in [0, 0.1) is 0 Å². The maximum Gasteiger partial charge on any atom is 0.259 e. The van der Waals surface area contributed by atoms with Crippen molar-refractivity contribution >= 4 is 11.9 Å². The molecule has 2 N–H and O–H groups in total. The number of hydrogen-bond acceptors (Lipinski definition) is 4. The minimum absolute atomic E-state index is 0.0271. The third-order valence-corrected chi connectivity index (χ3v) is 5.34. The van der Waals surface area contributed by atoms with Crippen LogP contribution in [0.4, 0.5) is 0 Å². The maximum atomic E-state index is 11.7. The van der Waals surface area contributed by atoms with Gasteiger partial charge in [0.05, 0.1) is 6.04 Å². The summed E-state index contributed by atoms with van der Waals surface area (Å²) in [5.41, 5.74) is 2.34. The third kappa shape index (κ3) is 7.89. The van der Waals surface area contributed by atoms with Gasteiger partial charge in [-0.25, -0.2) is 0 Å². The lowest BCUT2D eigenvalue weighted by Gasteiger charge is -2.30. The van der Waals surface area contributed by atoms with Gasteiger partial charge in [-0.2, -0.15) is 0 Å². The fourth-order valence-electron chi connectivity index (χ4n) is 3.42. The zero-order chi connectivity index (χ0) is 23.3. The lowest BCUT2D eigenvalue weighted by molar-refractivity contribution is -0.130. The first-order chi connectivity index (χ1) is 15.5. The highest BCUT2D eigenvalue weighted by molar-refractivity contribution is 5.79. The minimum Gasteiger partial charge on any atom is -0.484 e. The van der Waals surface area contributed by atoms with Crippen molar-refractivity contribution in [3.8, 4) is 5.75 Å². The summed E-state index contributed by atoms with van der Waals surface area (Å²) >= 11 is 0. The Morgan fingerprint density at radius 2 is 1.75 bits per heavy atom. The maximum absolute atomic E-state index is 11.7. The Morgan fingerprint density at radius 1 is 1.03 bits per heavy atom. The second-order valence-electron chi connectivity index (χ2n) is 7.68. The van der Waals surface area contributed by atoms with Gasteiger partial charge in [-0.3, -0.25) is 14.7 Å². The first-order valence-electron chi connectivity index (χ1n) is 11.1. The van der Waals surface area contributed by atoms with Crippen molar-refractivity contribution in [1.82, 2.24) is 20.4 Å². The Kier molecular flexibility index (Phi) is 10.5. The number of amides is 1. The zero-order valence-electron chi connectivity index (χ0n) is 20.0. The lowest BCUT2D eigenvalue weighted by atomic mass is 10.1. The molecule has 2 rings (SSSR count). The Balaban J connectivity index is 1.94. The molecular weight excluding hydrogens is 402 g/mol. The van der Waals surface area contributed by atoms with Gasteiger partial charge < -0.3 is 20.3 Å². The summed E-state index contributed by atoms with van der Waals surface area (Å²) in [6.07, 6.45) is 0. The van der Waals surface area contributed by atoms with Crippen molar-refractivity contribution in [2.45, 2.75) is 26.4 Å². The molecule has 0 aliphatic rings. The number of carbonyl (C=O) groups is 1. The van der Waals surface area contributed by atoms with E-state index in [0.717, 1.165) is 31.2 Å². The van der Waals surface area contributed by atoms with E-state index in [1.807, 2.05) is 30.3 Å². The topological polar surface area (TPSA) is 69.2 Å². The smallest absolute Gasteiger partial charge is 0.259 e. The van der Waals surface area contributed by atoms with E-state index in [-0.39, 0.29) is 18.6 Å².